The maximum atomic E-state index is 13.0. The van der Waals surface area contributed by atoms with E-state index in [0.29, 0.717) is 25.2 Å². The highest BCUT2D eigenvalue weighted by Crippen LogP contribution is 2.26. The maximum absolute atomic E-state index is 13.0. The van der Waals surface area contributed by atoms with Crippen LogP contribution >= 0.6 is 11.3 Å². The van der Waals surface area contributed by atoms with Crippen molar-refractivity contribution in [3.8, 4) is 0 Å². The summed E-state index contributed by atoms with van der Waals surface area (Å²) in [4.78, 5) is 1.32. The molecule has 2 aromatic rings. The van der Waals surface area contributed by atoms with Gasteiger partial charge in [0.25, 0.3) is 0 Å². The van der Waals surface area contributed by atoms with Gasteiger partial charge >= 0.3 is 0 Å². The molecule has 2 heterocycles. The van der Waals surface area contributed by atoms with Gasteiger partial charge in [-0.25, -0.2) is 4.39 Å². The third-order valence-electron chi connectivity index (χ3n) is 3.50. The molecule has 0 bridgehead atoms. The summed E-state index contributed by atoms with van der Waals surface area (Å²) in [7, 11) is 0. The van der Waals surface area contributed by atoms with Gasteiger partial charge in [-0.05, 0) is 29.1 Å². The van der Waals surface area contributed by atoms with Crippen molar-refractivity contribution in [2.45, 2.75) is 18.5 Å². The fourth-order valence-corrected chi connectivity index (χ4v) is 3.09. The summed E-state index contributed by atoms with van der Waals surface area (Å²) < 4.78 is 18.5. The van der Waals surface area contributed by atoms with E-state index >= 15 is 0 Å². The van der Waals surface area contributed by atoms with Crippen molar-refractivity contribution in [3.05, 3.63) is 58.0 Å². The SMILES string of the molecule is Fc1ccc([C@@H]2COC[C@H]2NCc2cccs2)cc1. The van der Waals surface area contributed by atoms with Gasteiger partial charge in [-0.1, -0.05) is 18.2 Å². The molecule has 1 aromatic heterocycles. The molecule has 1 aliphatic heterocycles. The van der Waals surface area contributed by atoms with Gasteiger partial charge in [0.05, 0.1) is 13.2 Å². The Balaban J connectivity index is 1.65. The topological polar surface area (TPSA) is 21.3 Å². The summed E-state index contributed by atoms with van der Waals surface area (Å²) in [6.45, 7) is 2.28. The third-order valence-corrected chi connectivity index (χ3v) is 4.37. The average Bonchev–Trinajstić information content (AvgIpc) is 3.08. The fraction of sp³-hybridized carbons (Fsp3) is 0.333. The van der Waals surface area contributed by atoms with Gasteiger partial charge in [0.1, 0.15) is 5.82 Å². The number of benzene rings is 1. The van der Waals surface area contributed by atoms with Crippen molar-refractivity contribution in [3.63, 3.8) is 0 Å². The van der Waals surface area contributed by atoms with E-state index in [0.717, 1.165) is 12.1 Å². The highest BCUT2D eigenvalue weighted by Gasteiger charge is 2.29. The molecule has 100 valence electrons. The number of ether oxygens (including phenoxy) is 1. The van der Waals surface area contributed by atoms with Crippen molar-refractivity contribution < 1.29 is 9.13 Å². The zero-order valence-corrected chi connectivity index (χ0v) is 11.3. The molecule has 0 radical (unpaired) electrons. The second kappa shape index (κ2) is 5.82. The molecular formula is C15H16FNOS. The Morgan fingerprint density at radius 2 is 2.05 bits per heavy atom. The first kappa shape index (κ1) is 12.8. The van der Waals surface area contributed by atoms with Gasteiger partial charge in [-0.15, -0.1) is 11.3 Å². The van der Waals surface area contributed by atoms with Crippen molar-refractivity contribution in [1.82, 2.24) is 5.32 Å². The van der Waals surface area contributed by atoms with Gasteiger partial charge in [-0.3, -0.25) is 0 Å². The summed E-state index contributed by atoms with van der Waals surface area (Å²) in [6.07, 6.45) is 0. The molecule has 0 aliphatic carbocycles. The molecule has 0 unspecified atom stereocenters. The molecule has 2 atom stereocenters. The maximum Gasteiger partial charge on any atom is 0.123 e. The minimum absolute atomic E-state index is 0.189. The highest BCUT2D eigenvalue weighted by atomic mass is 32.1. The third kappa shape index (κ3) is 3.03. The summed E-state index contributed by atoms with van der Waals surface area (Å²) in [5.41, 5.74) is 1.14. The lowest BCUT2D eigenvalue weighted by Gasteiger charge is -2.19. The van der Waals surface area contributed by atoms with E-state index in [1.807, 2.05) is 12.1 Å². The number of hydrogen-bond donors (Lipinski definition) is 1. The molecule has 3 rings (SSSR count). The number of rotatable bonds is 4. The lowest BCUT2D eigenvalue weighted by Crippen LogP contribution is -2.33. The summed E-state index contributed by atoms with van der Waals surface area (Å²) in [6, 6.07) is 11.2. The van der Waals surface area contributed by atoms with Gasteiger partial charge in [0.15, 0.2) is 0 Å². The Hall–Kier alpha value is -1.23. The Morgan fingerprint density at radius 1 is 1.21 bits per heavy atom. The molecule has 0 spiro atoms. The zero-order valence-electron chi connectivity index (χ0n) is 10.5. The normalized spacial score (nSPS) is 22.8. The van der Waals surface area contributed by atoms with Crippen molar-refractivity contribution in [1.29, 1.82) is 0 Å². The Bertz CT molecular complexity index is 511. The van der Waals surface area contributed by atoms with Crippen LogP contribution in [0.4, 0.5) is 4.39 Å². The largest absolute Gasteiger partial charge is 0.379 e. The van der Waals surface area contributed by atoms with Crippen LogP contribution in [0, 0.1) is 5.82 Å². The van der Waals surface area contributed by atoms with Crippen LogP contribution in [-0.2, 0) is 11.3 Å². The van der Waals surface area contributed by atoms with Gasteiger partial charge < -0.3 is 10.1 Å². The van der Waals surface area contributed by atoms with E-state index in [4.69, 9.17) is 4.74 Å². The number of thiophene rings is 1. The van der Waals surface area contributed by atoms with Gasteiger partial charge in [0.2, 0.25) is 0 Å². The second-order valence-corrected chi connectivity index (χ2v) is 5.79. The van der Waals surface area contributed by atoms with E-state index in [-0.39, 0.29) is 5.82 Å². The lowest BCUT2D eigenvalue weighted by molar-refractivity contribution is 0.187. The number of halogens is 1. The van der Waals surface area contributed by atoms with Crippen molar-refractivity contribution in [2.75, 3.05) is 13.2 Å². The van der Waals surface area contributed by atoms with E-state index in [1.165, 1.54) is 17.0 Å². The van der Waals surface area contributed by atoms with Crippen LogP contribution in [0.1, 0.15) is 16.4 Å². The molecule has 4 heteroatoms. The average molecular weight is 277 g/mol. The standard InChI is InChI=1S/C15H16FNOS/c16-12-5-3-11(4-6-12)14-9-18-10-15(14)17-8-13-2-1-7-19-13/h1-7,14-15,17H,8-10H2/t14-,15+/m0/s1. The first-order valence-corrected chi connectivity index (χ1v) is 7.30. The summed E-state index contributed by atoms with van der Waals surface area (Å²) in [5, 5.41) is 5.62. The zero-order chi connectivity index (χ0) is 13.1. The molecule has 1 saturated heterocycles. The van der Waals surface area contributed by atoms with Crippen LogP contribution in [0.5, 0.6) is 0 Å². The number of nitrogens with one attached hydrogen (secondary N) is 1. The van der Waals surface area contributed by atoms with Crippen LogP contribution in [0.2, 0.25) is 0 Å². The van der Waals surface area contributed by atoms with Crippen LogP contribution < -0.4 is 5.32 Å². The predicted octanol–water partition coefficient (Wildman–Crippen LogP) is 3.16. The van der Waals surface area contributed by atoms with Crippen molar-refractivity contribution >= 4 is 11.3 Å². The van der Waals surface area contributed by atoms with Crippen molar-refractivity contribution in [2.24, 2.45) is 0 Å². The van der Waals surface area contributed by atoms with Crippen LogP contribution in [0.3, 0.4) is 0 Å². The highest BCUT2D eigenvalue weighted by molar-refractivity contribution is 7.09. The van der Waals surface area contributed by atoms with E-state index in [1.54, 1.807) is 11.3 Å². The van der Waals surface area contributed by atoms with Crippen LogP contribution in [0.25, 0.3) is 0 Å². The van der Waals surface area contributed by atoms with E-state index in [9.17, 15) is 4.39 Å². The minimum atomic E-state index is -0.189. The Kier molecular flexibility index (Phi) is 3.92. The Morgan fingerprint density at radius 3 is 2.79 bits per heavy atom. The molecule has 1 N–H and O–H groups in total. The minimum Gasteiger partial charge on any atom is -0.379 e. The smallest absolute Gasteiger partial charge is 0.123 e. The first-order chi connectivity index (χ1) is 9.33. The molecule has 1 aliphatic rings. The molecule has 1 fully saturated rings. The van der Waals surface area contributed by atoms with Gasteiger partial charge in [-0.2, -0.15) is 0 Å². The summed E-state index contributed by atoms with van der Waals surface area (Å²) in [5.74, 6) is 0.117. The van der Waals surface area contributed by atoms with Gasteiger partial charge in [0, 0.05) is 23.4 Å². The van der Waals surface area contributed by atoms with Crippen LogP contribution in [-0.4, -0.2) is 19.3 Å². The lowest BCUT2D eigenvalue weighted by atomic mass is 9.94. The molecule has 0 amide bonds. The molecule has 1 aromatic carbocycles. The Labute approximate surface area is 116 Å². The summed E-state index contributed by atoms with van der Waals surface area (Å²) >= 11 is 1.75. The van der Waals surface area contributed by atoms with E-state index < -0.39 is 0 Å². The number of hydrogen-bond acceptors (Lipinski definition) is 3. The molecule has 2 nitrogen and oxygen atoms in total. The fourth-order valence-electron chi connectivity index (χ4n) is 2.44. The molecule has 19 heavy (non-hydrogen) atoms. The monoisotopic (exact) mass is 277 g/mol. The first-order valence-electron chi connectivity index (χ1n) is 6.42. The van der Waals surface area contributed by atoms with Crippen LogP contribution in [0.15, 0.2) is 41.8 Å². The molecular weight excluding hydrogens is 261 g/mol. The molecule has 0 saturated carbocycles. The second-order valence-electron chi connectivity index (χ2n) is 4.76. The quantitative estimate of drug-likeness (QED) is 0.927. The van der Waals surface area contributed by atoms with E-state index in [2.05, 4.69) is 22.8 Å². The predicted molar refractivity (Wildman–Crippen MR) is 74.9 cm³/mol.